The number of carbonyl (C=O) groups is 3. The number of amides is 3. The molecule has 1 aliphatic carbocycles. The first kappa shape index (κ1) is 28.4. The standard InChI is InChI=1S/C28H31ClFN5O4S/c1-16(36)27-20-12-18(32-28(39)23-6-3-11-40-23)7-10-22(20)35(33-27)15-25(38)34(19-8-9-19)14-24(37)31-13-17-4-2-5-21(29)26(17)30/h2,4-5,7,10,12,16,19,23,36H,3,6,8-9,11,13-15H2,1H3,(H,31,37)(H,32,39). The molecule has 0 bridgehead atoms. The Kier molecular flexibility index (Phi) is 8.62. The summed E-state index contributed by atoms with van der Waals surface area (Å²) in [5, 5.41) is 21.1. The number of hydrogen-bond donors (Lipinski definition) is 3. The Morgan fingerprint density at radius 3 is 2.75 bits per heavy atom. The zero-order chi connectivity index (χ0) is 28.4. The molecule has 5 rings (SSSR count). The summed E-state index contributed by atoms with van der Waals surface area (Å²) < 4.78 is 15.7. The summed E-state index contributed by atoms with van der Waals surface area (Å²) in [7, 11) is 0. The van der Waals surface area contributed by atoms with Crippen LogP contribution < -0.4 is 10.6 Å². The van der Waals surface area contributed by atoms with Gasteiger partial charge in [0.2, 0.25) is 17.7 Å². The van der Waals surface area contributed by atoms with Crippen LogP contribution in [0.15, 0.2) is 36.4 Å². The Morgan fingerprint density at radius 2 is 2.05 bits per heavy atom. The van der Waals surface area contributed by atoms with Gasteiger partial charge in [0.1, 0.15) is 12.4 Å². The first-order valence-electron chi connectivity index (χ1n) is 13.3. The number of nitrogens with one attached hydrogen (secondary N) is 2. The number of benzene rings is 2. The molecule has 9 nitrogen and oxygen atoms in total. The number of thioether (sulfide) groups is 1. The van der Waals surface area contributed by atoms with Gasteiger partial charge in [0.25, 0.3) is 0 Å². The molecule has 3 N–H and O–H groups in total. The van der Waals surface area contributed by atoms with Crippen LogP contribution in [0.3, 0.4) is 0 Å². The van der Waals surface area contributed by atoms with Crippen molar-refractivity contribution in [3.63, 3.8) is 0 Å². The van der Waals surface area contributed by atoms with E-state index in [4.69, 9.17) is 11.6 Å². The van der Waals surface area contributed by atoms with Gasteiger partial charge in [-0.3, -0.25) is 19.1 Å². The van der Waals surface area contributed by atoms with E-state index in [1.54, 1.807) is 49.0 Å². The van der Waals surface area contributed by atoms with E-state index in [-0.39, 0.29) is 53.3 Å². The summed E-state index contributed by atoms with van der Waals surface area (Å²) in [6.07, 6.45) is 2.57. The Labute approximate surface area is 240 Å². The average Bonchev–Trinajstić information content (AvgIpc) is 3.48. The molecule has 0 spiro atoms. The Hall–Kier alpha value is -3.15. The molecule has 1 saturated carbocycles. The molecule has 2 aromatic carbocycles. The van der Waals surface area contributed by atoms with Gasteiger partial charge in [-0.1, -0.05) is 23.7 Å². The zero-order valence-electron chi connectivity index (χ0n) is 22.0. The molecule has 2 unspecified atom stereocenters. The molecule has 2 fully saturated rings. The quantitative estimate of drug-likeness (QED) is 0.330. The number of aromatic nitrogens is 2. The van der Waals surface area contributed by atoms with Gasteiger partial charge in [0.05, 0.1) is 34.1 Å². The van der Waals surface area contributed by atoms with Gasteiger partial charge in [-0.25, -0.2) is 4.39 Å². The number of rotatable bonds is 10. The molecule has 1 aliphatic heterocycles. The highest BCUT2D eigenvalue weighted by atomic mass is 35.5. The lowest BCUT2D eigenvalue weighted by Gasteiger charge is -2.22. The molecule has 3 aromatic rings. The molecular weight excluding hydrogens is 557 g/mol. The van der Waals surface area contributed by atoms with E-state index < -0.39 is 17.8 Å². The van der Waals surface area contributed by atoms with Crippen LogP contribution >= 0.6 is 23.4 Å². The van der Waals surface area contributed by atoms with Crippen LogP contribution in [0.4, 0.5) is 10.1 Å². The third-order valence-corrected chi connectivity index (χ3v) is 8.75. The Bertz CT molecular complexity index is 1440. The van der Waals surface area contributed by atoms with Gasteiger partial charge in [0.15, 0.2) is 0 Å². The SMILES string of the molecule is CC(O)c1nn(CC(=O)N(CC(=O)NCc2cccc(Cl)c2F)C2CC2)c2ccc(NC(=O)C3CCCS3)cc12. The second-order valence-electron chi connectivity index (χ2n) is 10.2. The van der Waals surface area contributed by atoms with Gasteiger partial charge in [0, 0.05) is 29.2 Å². The summed E-state index contributed by atoms with van der Waals surface area (Å²) in [6.45, 7) is 1.26. The van der Waals surface area contributed by atoms with Crippen LogP contribution in [0.1, 0.15) is 50.0 Å². The lowest BCUT2D eigenvalue weighted by atomic mass is 10.1. The summed E-state index contributed by atoms with van der Waals surface area (Å²) in [5.41, 5.74) is 1.89. The molecule has 2 atom stereocenters. The lowest BCUT2D eigenvalue weighted by Crippen LogP contribution is -2.43. The van der Waals surface area contributed by atoms with Gasteiger partial charge in [-0.2, -0.15) is 5.10 Å². The number of aliphatic hydroxyl groups excluding tert-OH is 1. The molecule has 2 heterocycles. The first-order chi connectivity index (χ1) is 19.2. The normalized spacial score (nSPS) is 17.6. The monoisotopic (exact) mass is 587 g/mol. The minimum Gasteiger partial charge on any atom is -0.387 e. The highest BCUT2D eigenvalue weighted by Crippen LogP contribution is 2.31. The van der Waals surface area contributed by atoms with Crippen molar-refractivity contribution in [2.45, 2.75) is 63.1 Å². The van der Waals surface area contributed by atoms with E-state index >= 15 is 0 Å². The van der Waals surface area contributed by atoms with E-state index in [2.05, 4.69) is 15.7 Å². The number of halogens is 2. The molecular formula is C28H31ClFN5O4S. The predicted molar refractivity (Wildman–Crippen MR) is 152 cm³/mol. The van der Waals surface area contributed by atoms with Crippen molar-refractivity contribution >= 4 is 57.7 Å². The molecule has 0 radical (unpaired) electrons. The van der Waals surface area contributed by atoms with Gasteiger partial charge in [-0.15, -0.1) is 11.8 Å². The fourth-order valence-corrected chi connectivity index (χ4v) is 6.19. The molecule has 40 heavy (non-hydrogen) atoms. The van der Waals surface area contributed by atoms with E-state index in [9.17, 15) is 23.9 Å². The average molecular weight is 588 g/mol. The maximum absolute atomic E-state index is 14.2. The number of hydrogen-bond acceptors (Lipinski definition) is 6. The van der Waals surface area contributed by atoms with Crippen molar-refractivity contribution in [1.29, 1.82) is 0 Å². The molecule has 1 aromatic heterocycles. The van der Waals surface area contributed by atoms with Crippen LogP contribution in [0, 0.1) is 5.82 Å². The molecule has 3 amide bonds. The number of carbonyl (C=O) groups excluding carboxylic acids is 3. The number of aliphatic hydroxyl groups is 1. The van der Waals surface area contributed by atoms with Crippen LogP contribution in [0.2, 0.25) is 5.02 Å². The highest BCUT2D eigenvalue weighted by Gasteiger charge is 2.34. The fourth-order valence-electron chi connectivity index (χ4n) is 4.83. The van der Waals surface area contributed by atoms with Crippen molar-refractivity contribution in [3.05, 3.63) is 58.5 Å². The zero-order valence-corrected chi connectivity index (χ0v) is 23.6. The molecule has 1 saturated heterocycles. The van der Waals surface area contributed by atoms with Crippen molar-refractivity contribution in [3.8, 4) is 0 Å². The van der Waals surface area contributed by atoms with Crippen molar-refractivity contribution in [2.75, 3.05) is 17.6 Å². The van der Waals surface area contributed by atoms with E-state index in [0.717, 1.165) is 31.4 Å². The maximum Gasteiger partial charge on any atom is 0.245 e. The smallest absolute Gasteiger partial charge is 0.245 e. The summed E-state index contributed by atoms with van der Waals surface area (Å²) in [5.74, 6) is -0.345. The fraction of sp³-hybridized carbons (Fsp3) is 0.429. The number of nitrogens with zero attached hydrogens (tertiary/aromatic N) is 3. The number of anilines is 1. The van der Waals surface area contributed by atoms with Crippen LogP contribution in [0.25, 0.3) is 10.9 Å². The van der Waals surface area contributed by atoms with Gasteiger partial charge in [-0.05, 0) is 62.6 Å². The first-order valence-corrected chi connectivity index (χ1v) is 14.7. The maximum atomic E-state index is 14.2. The summed E-state index contributed by atoms with van der Waals surface area (Å²) in [4.78, 5) is 40.2. The number of fused-ring (bicyclic) bond motifs is 1. The molecule has 2 aliphatic rings. The summed E-state index contributed by atoms with van der Waals surface area (Å²) >= 11 is 7.47. The molecule has 212 valence electrons. The third-order valence-electron chi connectivity index (χ3n) is 7.08. The third kappa shape index (κ3) is 6.42. The highest BCUT2D eigenvalue weighted by molar-refractivity contribution is 8.00. The second-order valence-corrected chi connectivity index (χ2v) is 11.9. The van der Waals surface area contributed by atoms with E-state index in [0.29, 0.717) is 22.3 Å². The van der Waals surface area contributed by atoms with E-state index in [1.165, 1.54) is 15.6 Å². The van der Waals surface area contributed by atoms with Crippen LogP contribution in [0.5, 0.6) is 0 Å². The largest absolute Gasteiger partial charge is 0.387 e. The Balaban J connectivity index is 1.28. The van der Waals surface area contributed by atoms with E-state index in [1.807, 2.05) is 0 Å². The second kappa shape index (κ2) is 12.2. The van der Waals surface area contributed by atoms with Crippen molar-refractivity contribution < 1.29 is 23.9 Å². The van der Waals surface area contributed by atoms with Crippen LogP contribution in [-0.2, 0) is 27.5 Å². The minimum atomic E-state index is -0.896. The van der Waals surface area contributed by atoms with Gasteiger partial charge < -0.3 is 20.6 Å². The molecule has 12 heteroatoms. The summed E-state index contributed by atoms with van der Waals surface area (Å²) in [6, 6.07) is 9.83. The van der Waals surface area contributed by atoms with Crippen LogP contribution in [-0.4, -0.2) is 61.1 Å². The van der Waals surface area contributed by atoms with Crippen molar-refractivity contribution in [2.24, 2.45) is 0 Å². The topological polar surface area (TPSA) is 117 Å². The predicted octanol–water partition coefficient (Wildman–Crippen LogP) is 4.02. The van der Waals surface area contributed by atoms with Crippen molar-refractivity contribution in [1.82, 2.24) is 20.0 Å². The van der Waals surface area contributed by atoms with Gasteiger partial charge >= 0.3 is 0 Å². The minimum absolute atomic E-state index is 0.0214. The Morgan fingerprint density at radius 1 is 1.25 bits per heavy atom. The lowest BCUT2D eigenvalue weighted by molar-refractivity contribution is -0.137.